The van der Waals surface area contributed by atoms with E-state index in [1.54, 1.807) is 37.3 Å². The van der Waals surface area contributed by atoms with E-state index in [0.29, 0.717) is 11.1 Å². The molecule has 166 valence electrons. The summed E-state index contributed by atoms with van der Waals surface area (Å²) in [6, 6.07) is 11.3. The van der Waals surface area contributed by atoms with Crippen LogP contribution in [0.1, 0.15) is 22.2 Å². The van der Waals surface area contributed by atoms with Crippen molar-refractivity contribution in [3.63, 3.8) is 0 Å². The monoisotopic (exact) mass is 472 g/mol. The molecule has 8 nitrogen and oxygen atoms in total. The van der Waals surface area contributed by atoms with Crippen molar-refractivity contribution in [1.82, 2.24) is 10.2 Å². The Morgan fingerprint density at radius 1 is 1.22 bits per heavy atom. The van der Waals surface area contributed by atoms with Gasteiger partial charge in [0.15, 0.2) is 0 Å². The normalized spacial score (nSPS) is 20.8. The minimum absolute atomic E-state index is 0.165. The number of benzene rings is 1. The van der Waals surface area contributed by atoms with Crippen LogP contribution in [0.2, 0.25) is 0 Å². The van der Waals surface area contributed by atoms with Gasteiger partial charge in [-0.3, -0.25) is 14.5 Å². The molecule has 0 saturated carbocycles. The number of thioether (sulfide) groups is 1. The van der Waals surface area contributed by atoms with Gasteiger partial charge in [-0.2, -0.15) is 0 Å². The highest BCUT2D eigenvalue weighted by Gasteiger charge is 2.54. The second kappa shape index (κ2) is 9.17. The van der Waals surface area contributed by atoms with Crippen molar-refractivity contribution < 1.29 is 29.0 Å². The number of rotatable bonds is 7. The number of esters is 1. The van der Waals surface area contributed by atoms with Gasteiger partial charge in [-0.05, 0) is 30.5 Å². The maximum atomic E-state index is 12.8. The Morgan fingerprint density at radius 2 is 1.97 bits per heavy atom. The van der Waals surface area contributed by atoms with Crippen molar-refractivity contribution in [1.29, 1.82) is 0 Å². The van der Waals surface area contributed by atoms with E-state index < -0.39 is 35.4 Å². The minimum atomic E-state index is -1.27. The molecule has 2 N–H and O–H groups in total. The highest BCUT2D eigenvalue weighted by molar-refractivity contribution is 8.00. The van der Waals surface area contributed by atoms with E-state index in [1.807, 2.05) is 17.5 Å². The van der Waals surface area contributed by atoms with Crippen LogP contribution in [0, 0.1) is 0 Å². The van der Waals surface area contributed by atoms with E-state index in [2.05, 4.69) is 5.32 Å². The smallest absolute Gasteiger partial charge is 0.352 e. The molecule has 1 fully saturated rings. The number of ether oxygens (including phenoxy) is 1. The lowest BCUT2D eigenvalue weighted by Crippen LogP contribution is -2.70. The number of carboxylic acid groups (broad SMARTS) is 1. The summed E-state index contributed by atoms with van der Waals surface area (Å²) >= 11 is 2.79. The standard InChI is InChI=1S/C22H20N2O6S2/c1-12(30-22(29)13-6-3-2-4-7-13)15-11-32-20-17(19(26)24(20)18(15)21(27)28)23-16(25)10-14-8-5-9-31-14/h2-9,12,17,20H,10-11H2,1H3,(H,23,25)(H,27,28)/t12?,17?,20-/m0/s1. The summed E-state index contributed by atoms with van der Waals surface area (Å²) in [5.74, 6) is -2.36. The number of carbonyl (C=O) groups excluding carboxylic acids is 3. The van der Waals surface area contributed by atoms with Crippen LogP contribution in [0.15, 0.2) is 59.1 Å². The molecular weight excluding hydrogens is 452 g/mol. The highest BCUT2D eigenvalue weighted by Crippen LogP contribution is 2.41. The topological polar surface area (TPSA) is 113 Å². The summed E-state index contributed by atoms with van der Waals surface area (Å²) < 4.78 is 5.47. The molecule has 1 aromatic heterocycles. The van der Waals surface area contributed by atoms with Gasteiger partial charge in [0.1, 0.15) is 23.2 Å². The second-order valence-corrected chi connectivity index (χ2v) is 9.44. The molecule has 1 aromatic carbocycles. The minimum Gasteiger partial charge on any atom is -0.477 e. The van der Waals surface area contributed by atoms with Crippen LogP contribution >= 0.6 is 23.1 Å². The SMILES string of the molecule is CC(OC(=O)c1ccccc1)C1=C(C(=O)O)N2C(=O)C(NC(=O)Cc3cccs3)[C@@H]2SC1. The van der Waals surface area contributed by atoms with E-state index >= 15 is 0 Å². The third kappa shape index (κ3) is 4.28. The first-order valence-corrected chi connectivity index (χ1v) is 11.8. The largest absolute Gasteiger partial charge is 0.477 e. The van der Waals surface area contributed by atoms with E-state index in [4.69, 9.17) is 4.74 Å². The predicted octanol–water partition coefficient (Wildman–Crippen LogP) is 2.27. The predicted molar refractivity (Wildman–Crippen MR) is 119 cm³/mol. The molecule has 0 bridgehead atoms. The van der Waals surface area contributed by atoms with Crippen LogP contribution in [0.25, 0.3) is 0 Å². The number of carboxylic acids is 1. The number of fused-ring (bicyclic) bond motifs is 1. The lowest BCUT2D eigenvalue weighted by Gasteiger charge is -2.49. The maximum Gasteiger partial charge on any atom is 0.352 e. The molecular formula is C22H20N2O6S2. The summed E-state index contributed by atoms with van der Waals surface area (Å²) in [5.41, 5.74) is 0.516. The summed E-state index contributed by atoms with van der Waals surface area (Å²) in [6.45, 7) is 1.59. The van der Waals surface area contributed by atoms with Gasteiger partial charge >= 0.3 is 11.9 Å². The van der Waals surface area contributed by atoms with Crippen molar-refractivity contribution in [2.24, 2.45) is 0 Å². The molecule has 10 heteroatoms. The van der Waals surface area contributed by atoms with Gasteiger partial charge < -0.3 is 15.2 Å². The Bertz CT molecular complexity index is 1080. The lowest BCUT2D eigenvalue weighted by molar-refractivity contribution is -0.150. The average molecular weight is 473 g/mol. The zero-order chi connectivity index (χ0) is 22.8. The van der Waals surface area contributed by atoms with Crippen LogP contribution in [-0.2, 0) is 25.5 Å². The van der Waals surface area contributed by atoms with E-state index in [-0.39, 0.29) is 23.8 Å². The van der Waals surface area contributed by atoms with E-state index in [1.165, 1.54) is 28.0 Å². The van der Waals surface area contributed by atoms with Gasteiger partial charge in [-0.1, -0.05) is 24.3 Å². The molecule has 2 aromatic rings. The van der Waals surface area contributed by atoms with E-state index in [9.17, 15) is 24.3 Å². The van der Waals surface area contributed by atoms with Gasteiger partial charge in [0.05, 0.1) is 12.0 Å². The number of thiophene rings is 1. The fourth-order valence-electron chi connectivity index (χ4n) is 3.62. The summed E-state index contributed by atoms with van der Waals surface area (Å²) in [4.78, 5) is 51.5. The first-order valence-electron chi connectivity index (χ1n) is 9.85. The first kappa shape index (κ1) is 22.1. The maximum absolute atomic E-state index is 12.8. The lowest BCUT2D eigenvalue weighted by atomic mass is 10.0. The molecule has 2 aliphatic rings. The van der Waals surface area contributed by atoms with Crippen molar-refractivity contribution in [3.8, 4) is 0 Å². The Morgan fingerprint density at radius 3 is 2.62 bits per heavy atom. The Labute approximate surface area is 192 Å². The molecule has 0 spiro atoms. The Hall–Kier alpha value is -3.11. The first-order chi connectivity index (χ1) is 15.4. The molecule has 2 aliphatic heterocycles. The van der Waals surface area contributed by atoms with E-state index in [0.717, 1.165) is 4.88 Å². The molecule has 2 amide bonds. The molecule has 0 radical (unpaired) electrons. The fourth-order valence-corrected chi connectivity index (χ4v) is 5.78. The average Bonchev–Trinajstić information content (AvgIpc) is 3.29. The summed E-state index contributed by atoms with van der Waals surface area (Å²) in [7, 11) is 0. The van der Waals surface area contributed by atoms with Gasteiger partial charge in [-0.25, -0.2) is 9.59 Å². The Kier molecular flexibility index (Phi) is 6.33. The number of nitrogens with zero attached hydrogens (tertiary/aromatic N) is 1. The van der Waals surface area contributed by atoms with Crippen LogP contribution in [0.4, 0.5) is 0 Å². The highest BCUT2D eigenvalue weighted by atomic mass is 32.2. The quantitative estimate of drug-likeness (QED) is 0.470. The van der Waals surface area contributed by atoms with Crippen LogP contribution in [0.3, 0.4) is 0 Å². The molecule has 1 saturated heterocycles. The van der Waals surface area contributed by atoms with Crippen LogP contribution in [-0.4, -0.2) is 57.0 Å². The van der Waals surface area contributed by atoms with Crippen LogP contribution < -0.4 is 5.32 Å². The zero-order valence-electron chi connectivity index (χ0n) is 17.0. The molecule has 3 heterocycles. The van der Waals surface area contributed by atoms with Crippen molar-refractivity contribution in [2.75, 3.05) is 5.75 Å². The number of nitrogens with one attached hydrogen (secondary N) is 1. The van der Waals surface area contributed by atoms with Gasteiger partial charge in [0, 0.05) is 16.2 Å². The van der Waals surface area contributed by atoms with Gasteiger partial charge in [0.25, 0.3) is 5.91 Å². The molecule has 32 heavy (non-hydrogen) atoms. The summed E-state index contributed by atoms with van der Waals surface area (Å²) in [6.07, 6.45) is -0.666. The third-order valence-corrected chi connectivity index (χ3v) is 7.39. The number of β-lactam (4-membered cyclic amide) rings is 1. The molecule has 2 unspecified atom stereocenters. The van der Waals surface area contributed by atoms with Crippen molar-refractivity contribution >= 4 is 46.9 Å². The van der Waals surface area contributed by atoms with Gasteiger partial charge in [-0.15, -0.1) is 23.1 Å². The fraction of sp³-hybridized carbons (Fsp3) is 0.273. The second-order valence-electron chi connectivity index (χ2n) is 7.30. The van der Waals surface area contributed by atoms with Crippen molar-refractivity contribution in [2.45, 2.75) is 30.9 Å². The molecule has 3 atom stereocenters. The zero-order valence-corrected chi connectivity index (χ0v) is 18.7. The number of carbonyl (C=O) groups is 4. The number of amides is 2. The number of hydrogen-bond acceptors (Lipinski definition) is 7. The Balaban J connectivity index is 1.47. The van der Waals surface area contributed by atoms with Crippen molar-refractivity contribution in [3.05, 3.63) is 69.6 Å². The molecule has 4 rings (SSSR count). The number of hydrogen-bond donors (Lipinski definition) is 2. The number of aliphatic carboxylic acids is 1. The molecule has 0 aliphatic carbocycles. The van der Waals surface area contributed by atoms with Gasteiger partial charge in [0.2, 0.25) is 5.91 Å². The summed E-state index contributed by atoms with van der Waals surface area (Å²) in [5, 5.41) is 13.9. The van der Waals surface area contributed by atoms with Crippen LogP contribution in [0.5, 0.6) is 0 Å². The third-order valence-electron chi connectivity index (χ3n) is 5.22.